The van der Waals surface area contributed by atoms with E-state index < -0.39 is 0 Å². The van der Waals surface area contributed by atoms with E-state index in [1.54, 1.807) is 17.0 Å². The van der Waals surface area contributed by atoms with Crippen LogP contribution in [0.3, 0.4) is 0 Å². The molecule has 1 aromatic heterocycles. The van der Waals surface area contributed by atoms with Crippen LogP contribution in [-0.4, -0.2) is 47.8 Å². The number of furan rings is 1. The number of carbonyl (C=O) groups excluding carboxylic acids is 2. The predicted octanol–water partition coefficient (Wildman–Crippen LogP) is 2.53. The average Bonchev–Trinajstić information content (AvgIpc) is 3.17. The highest BCUT2D eigenvalue weighted by Gasteiger charge is 2.50. The van der Waals surface area contributed by atoms with E-state index in [9.17, 15) is 9.59 Å². The lowest BCUT2D eigenvalue weighted by Gasteiger charge is -2.42. The van der Waals surface area contributed by atoms with Crippen molar-refractivity contribution in [2.24, 2.45) is 11.3 Å². The first kappa shape index (κ1) is 14.8. The summed E-state index contributed by atoms with van der Waals surface area (Å²) in [7, 11) is 0. The Labute approximate surface area is 136 Å². The Balaban J connectivity index is 1.45. The Hall–Kier alpha value is -1.78. The summed E-state index contributed by atoms with van der Waals surface area (Å²) in [6, 6.07) is 3.42. The van der Waals surface area contributed by atoms with Gasteiger partial charge >= 0.3 is 0 Å². The molecule has 0 N–H and O–H groups in total. The van der Waals surface area contributed by atoms with E-state index in [4.69, 9.17) is 4.42 Å². The number of piperidine rings is 1. The second kappa shape index (κ2) is 5.69. The van der Waals surface area contributed by atoms with E-state index in [1.165, 1.54) is 25.5 Å². The lowest BCUT2D eigenvalue weighted by Crippen LogP contribution is -2.52. The number of likely N-dealkylation sites (tertiary alicyclic amines) is 2. The molecular formula is C18H24N2O3. The van der Waals surface area contributed by atoms with Gasteiger partial charge < -0.3 is 14.2 Å². The van der Waals surface area contributed by atoms with Crippen molar-refractivity contribution in [2.45, 2.75) is 38.5 Å². The van der Waals surface area contributed by atoms with Crippen molar-refractivity contribution in [1.82, 2.24) is 9.80 Å². The quantitative estimate of drug-likeness (QED) is 0.861. The third-order valence-electron chi connectivity index (χ3n) is 5.90. The maximum atomic E-state index is 13.0. The van der Waals surface area contributed by atoms with Crippen LogP contribution in [0.25, 0.3) is 0 Å². The van der Waals surface area contributed by atoms with Gasteiger partial charge in [-0.05, 0) is 50.2 Å². The molecule has 2 aliphatic heterocycles. The van der Waals surface area contributed by atoms with Gasteiger partial charge in [-0.2, -0.15) is 0 Å². The van der Waals surface area contributed by atoms with E-state index >= 15 is 0 Å². The van der Waals surface area contributed by atoms with Gasteiger partial charge in [0.1, 0.15) is 0 Å². The summed E-state index contributed by atoms with van der Waals surface area (Å²) in [6.45, 7) is 3.02. The Morgan fingerprint density at radius 1 is 1.26 bits per heavy atom. The second-order valence-corrected chi connectivity index (χ2v) is 7.39. The summed E-state index contributed by atoms with van der Waals surface area (Å²) in [5, 5.41) is 0. The Morgan fingerprint density at radius 2 is 2.13 bits per heavy atom. The van der Waals surface area contributed by atoms with Crippen LogP contribution in [0.2, 0.25) is 0 Å². The zero-order valence-corrected chi connectivity index (χ0v) is 13.5. The van der Waals surface area contributed by atoms with Crippen LogP contribution in [0.5, 0.6) is 0 Å². The fourth-order valence-electron chi connectivity index (χ4n) is 4.29. The zero-order valence-electron chi connectivity index (χ0n) is 13.5. The maximum absolute atomic E-state index is 13.0. The molecule has 2 amide bonds. The molecule has 3 aliphatic rings. The van der Waals surface area contributed by atoms with Gasteiger partial charge in [-0.15, -0.1) is 0 Å². The molecule has 1 spiro atoms. The lowest BCUT2D eigenvalue weighted by atomic mass is 9.77. The molecule has 0 bridgehead atoms. The molecule has 0 unspecified atom stereocenters. The van der Waals surface area contributed by atoms with Gasteiger partial charge in [0.2, 0.25) is 5.91 Å². The number of nitrogens with zero attached hydrogens (tertiary/aromatic N) is 2. The van der Waals surface area contributed by atoms with Crippen LogP contribution < -0.4 is 0 Å². The minimum atomic E-state index is -0.343. The van der Waals surface area contributed by atoms with Crippen LogP contribution >= 0.6 is 0 Å². The fraction of sp³-hybridized carbons (Fsp3) is 0.667. The van der Waals surface area contributed by atoms with Crippen molar-refractivity contribution in [3.63, 3.8) is 0 Å². The summed E-state index contributed by atoms with van der Waals surface area (Å²) in [5.41, 5.74) is -0.343. The normalized spacial score (nSPS) is 28.4. The average molecular weight is 316 g/mol. The molecule has 3 fully saturated rings. The molecule has 2 saturated heterocycles. The molecule has 5 heteroatoms. The van der Waals surface area contributed by atoms with Gasteiger partial charge in [0.25, 0.3) is 5.91 Å². The van der Waals surface area contributed by atoms with Gasteiger partial charge in [-0.3, -0.25) is 9.59 Å². The summed E-state index contributed by atoms with van der Waals surface area (Å²) in [6.07, 6.45) is 8.11. The summed E-state index contributed by atoms with van der Waals surface area (Å²) >= 11 is 0. The van der Waals surface area contributed by atoms with Gasteiger partial charge in [0.05, 0.1) is 11.7 Å². The van der Waals surface area contributed by atoms with Gasteiger partial charge in [-0.25, -0.2) is 0 Å². The molecule has 5 nitrogen and oxygen atoms in total. The zero-order chi connectivity index (χ0) is 15.9. The van der Waals surface area contributed by atoms with Crippen molar-refractivity contribution in [3.8, 4) is 0 Å². The summed E-state index contributed by atoms with van der Waals surface area (Å²) in [4.78, 5) is 29.4. The van der Waals surface area contributed by atoms with Crippen molar-refractivity contribution in [1.29, 1.82) is 0 Å². The second-order valence-electron chi connectivity index (χ2n) is 7.39. The van der Waals surface area contributed by atoms with E-state index in [2.05, 4.69) is 4.90 Å². The Bertz CT molecular complexity index is 593. The summed E-state index contributed by atoms with van der Waals surface area (Å²) in [5.74, 6) is 1.27. The first-order chi connectivity index (χ1) is 11.2. The standard InChI is InChI=1S/C18H24N2O3/c21-16(15-6-2-11-23-15)20-10-8-18(13-20)7-3-9-19(17(18)22)12-14-4-1-5-14/h2,6,11,14H,1,3-5,7-10,12-13H2/t18-/m0/s1. The third-order valence-corrected chi connectivity index (χ3v) is 5.90. The number of amides is 2. The van der Waals surface area contributed by atoms with Crippen molar-refractivity contribution < 1.29 is 14.0 Å². The van der Waals surface area contributed by atoms with Crippen LogP contribution in [0.1, 0.15) is 49.1 Å². The van der Waals surface area contributed by atoms with Crippen LogP contribution in [0, 0.1) is 11.3 Å². The number of hydrogen-bond acceptors (Lipinski definition) is 3. The molecule has 3 heterocycles. The molecule has 23 heavy (non-hydrogen) atoms. The monoisotopic (exact) mass is 316 g/mol. The molecule has 1 saturated carbocycles. The smallest absolute Gasteiger partial charge is 0.289 e. The molecule has 124 valence electrons. The molecule has 4 rings (SSSR count). The highest BCUT2D eigenvalue weighted by atomic mass is 16.3. The minimum absolute atomic E-state index is 0.0872. The van der Waals surface area contributed by atoms with Crippen LogP contribution in [-0.2, 0) is 4.79 Å². The molecule has 0 radical (unpaired) electrons. The van der Waals surface area contributed by atoms with E-state index in [0.717, 1.165) is 32.4 Å². The topological polar surface area (TPSA) is 53.8 Å². The largest absolute Gasteiger partial charge is 0.459 e. The highest BCUT2D eigenvalue weighted by molar-refractivity contribution is 5.93. The lowest BCUT2D eigenvalue weighted by molar-refractivity contribution is -0.146. The molecule has 1 aromatic rings. The first-order valence-electron chi connectivity index (χ1n) is 8.80. The van der Waals surface area contributed by atoms with Crippen molar-refractivity contribution >= 4 is 11.8 Å². The first-order valence-corrected chi connectivity index (χ1v) is 8.80. The molecular weight excluding hydrogens is 292 g/mol. The minimum Gasteiger partial charge on any atom is -0.459 e. The van der Waals surface area contributed by atoms with Crippen LogP contribution in [0.4, 0.5) is 0 Å². The number of rotatable bonds is 3. The van der Waals surface area contributed by atoms with Gasteiger partial charge in [0.15, 0.2) is 5.76 Å². The molecule has 1 atom stereocenters. The number of hydrogen-bond donors (Lipinski definition) is 0. The van der Waals surface area contributed by atoms with Gasteiger partial charge in [-0.1, -0.05) is 6.42 Å². The van der Waals surface area contributed by atoms with Gasteiger partial charge in [0, 0.05) is 26.2 Å². The van der Waals surface area contributed by atoms with E-state index in [0.29, 0.717) is 24.8 Å². The summed E-state index contributed by atoms with van der Waals surface area (Å²) < 4.78 is 5.22. The fourth-order valence-corrected chi connectivity index (χ4v) is 4.29. The van der Waals surface area contributed by atoms with E-state index in [1.807, 2.05) is 0 Å². The van der Waals surface area contributed by atoms with E-state index in [-0.39, 0.29) is 17.2 Å². The van der Waals surface area contributed by atoms with Crippen LogP contribution in [0.15, 0.2) is 22.8 Å². The van der Waals surface area contributed by atoms with Crippen molar-refractivity contribution in [3.05, 3.63) is 24.2 Å². The third kappa shape index (κ3) is 2.56. The highest BCUT2D eigenvalue weighted by Crippen LogP contribution is 2.41. The SMILES string of the molecule is O=C(c1ccco1)N1CC[C@@]2(CCCN(CC3CCC3)C2=O)C1. The Kier molecular flexibility index (Phi) is 3.66. The Morgan fingerprint density at radius 3 is 2.83 bits per heavy atom. The maximum Gasteiger partial charge on any atom is 0.289 e. The number of carbonyl (C=O) groups is 2. The van der Waals surface area contributed by atoms with Crippen molar-refractivity contribution in [2.75, 3.05) is 26.2 Å². The molecule has 1 aliphatic carbocycles. The predicted molar refractivity (Wildman–Crippen MR) is 84.8 cm³/mol. The molecule has 0 aromatic carbocycles.